The van der Waals surface area contributed by atoms with Crippen molar-refractivity contribution >= 4 is 11.6 Å². The summed E-state index contributed by atoms with van der Waals surface area (Å²) in [5.74, 6) is -0.949. The molecule has 0 radical (unpaired) electrons. The van der Waals surface area contributed by atoms with Crippen LogP contribution in [-0.2, 0) is 11.3 Å². The van der Waals surface area contributed by atoms with Crippen LogP contribution in [0.2, 0.25) is 0 Å². The molecule has 0 bridgehead atoms. The SMILES string of the molecule is CN(CC(=O)N(CCC#N)c1ccc(F)cc1)Cc1ccccc1F. The summed E-state index contributed by atoms with van der Waals surface area (Å²) in [6.07, 6.45) is 0.167. The third kappa shape index (κ3) is 5.37. The van der Waals surface area contributed by atoms with E-state index in [1.165, 1.54) is 35.2 Å². The average Bonchev–Trinajstić information content (AvgIpc) is 2.58. The molecule has 0 aromatic heterocycles. The molecule has 0 aliphatic rings. The number of hydrogen-bond donors (Lipinski definition) is 0. The van der Waals surface area contributed by atoms with Gasteiger partial charge in [-0.3, -0.25) is 9.69 Å². The molecule has 0 aliphatic heterocycles. The number of halogens is 2. The lowest BCUT2D eigenvalue weighted by Crippen LogP contribution is -2.39. The van der Waals surface area contributed by atoms with Gasteiger partial charge in [-0.05, 0) is 37.4 Å². The number of likely N-dealkylation sites (N-methyl/N-ethyl adjacent to an activating group) is 1. The van der Waals surface area contributed by atoms with Gasteiger partial charge in [0.25, 0.3) is 0 Å². The summed E-state index contributed by atoms with van der Waals surface area (Å²) in [4.78, 5) is 15.8. The molecule has 0 N–H and O–H groups in total. The van der Waals surface area contributed by atoms with Gasteiger partial charge < -0.3 is 4.90 Å². The molecule has 6 heteroatoms. The van der Waals surface area contributed by atoms with Gasteiger partial charge in [0.1, 0.15) is 11.6 Å². The number of carbonyl (C=O) groups excluding carboxylic acids is 1. The van der Waals surface area contributed by atoms with E-state index >= 15 is 0 Å². The van der Waals surface area contributed by atoms with Crippen molar-refractivity contribution in [2.24, 2.45) is 0 Å². The van der Waals surface area contributed by atoms with Crippen LogP contribution in [0.3, 0.4) is 0 Å². The molecule has 2 aromatic carbocycles. The lowest BCUT2D eigenvalue weighted by molar-refractivity contribution is -0.119. The fourth-order valence-electron chi connectivity index (χ4n) is 2.47. The fourth-order valence-corrected chi connectivity index (χ4v) is 2.47. The van der Waals surface area contributed by atoms with Crippen molar-refractivity contribution in [3.8, 4) is 6.07 Å². The molecule has 0 aliphatic carbocycles. The van der Waals surface area contributed by atoms with E-state index in [2.05, 4.69) is 0 Å². The highest BCUT2D eigenvalue weighted by Crippen LogP contribution is 2.16. The summed E-state index contributed by atoms with van der Waals surface area (Å²) in [6, 6.07) is 13.9. The van der Waals surface area contributed by atoms with Gasteiger partial charge >= 0.3 is 0 Å². The van der Waals surface area contributed by atoms with E-state index in [1.54, 1.807) is 30.1 Å². The van der Waals surface area contributed by atoms with Crippen molar-refractivity contribution in [3.05, 3.63) is 65.7 Å². The number of nitriles is 1. The van der Waals surface area contributed by atoms with Crippen molar-refractivity contribution < 1.29 is 13.6 Å². The number of rotatable bonds is 7. The number of amides is 1. The summed E-state index contributed by atoms with van der Waals surface area (Å²) in [5.41, 5.74) is 1.03. The van der Waals surface area contributed by atoms with E-state index < -0.39 is 5.82 Å². The average molecular weight is 343 g/mol. The Kier molecular flexibility index (Phi) is 6.61. The lowest BCUT2D eigenvalue weighted by atomic mass is 10.2. The quantitative estimate of drug-likeness (QED) is 0.775. The minimum atomic E-state index is -0.395. The van der Waals surface area contributed by atoms with Gasteiger partial charge in [0.15, 0.2) is 0 Å². The Bertz CT molecular complexity index is 756. The zero-order valence-electron chi connectivity index (χ0n) is 14.0. The van der Waals surface area contributed by atoms with E-state index in [9.17, 15) is 13.6 Å². The maximum atomic E-state index is 13.7. The Morgan fingerprint density at radius 2 is 1.80 bits per heavy atom. The molecule has 25 heavy (non-hydrogen) atoms. The number of benzene rings is 2. The zero-order chi connectivity index (χ0) is 18.2. The molecular weight excluding hydrogens is 324 g/mol. The predicted molar refractivity (Wildman–Crippen MR) is 91.7 cm³/mol. The fraction of sp³-hybridized carbons (Fsp3) is 0.263. The molecule has 130 valence electrons. The summed E-state index contributed by atoms with van der Waals surface area (Å²) in [6.45, 7) is 0.555. The molecule has 0 saturated carbocycles. The number of carbonyl (C=O) groups is 1. The highest BCUT2D eigenvalue weighted by Gasteiger charge is 2.18. The number of nitrogens with zero attached hydrogens (tertiary/aromatic N) is 3. The lowest BCUT2D eigenvalue weighted by Gasteiger charge is -2.25. The van der Waals surface area contributed by atoms with Gasteiger partial charge in [0.05, 0.1) is 19.0 Å². The smallest absolute Gasteiger partial charge is 0.241 e. The Hall–Kier alpha value is -2.78. The highest BCUT2D eigenvalue weighted by molar-refractivity contribution is 5.94. The Morgan fingerprint density at radius 3 is 2.44 bits per heavy atom. The van der Waals surface area contributed by atoms with Crippen LogP contribution in [0.15, 0.2) is 48.5 Å². The van der Waals surface area contributed by atoms with Crippen molar-refractivity contribution in [1.29, 1.82) is 5.26 Å². The number of anilines is 1. The molecule has 1 amide bonds. The standard InChI is InChI=1S/C19H19F2N3O/c1-23(13-15-5-2-3-6-18(15)21)14-19(25)24(12-4-11-22)17-9-7-16(20)8-10-17/h2-3,5-10H,4,12-14H2,1H3. The highest BCUT2D eigenvalue weighted by atomic mass is 19.1. The zero-order valence-corrected chi connectivity index (χ0v) is 14.0. The van der Waals surface area contributed by atoms with Crippen LogP contribution in [0, 0.1) is 23.0 Å². The van der Waals surface area contributed by atoms with Gasteiger partial charge in [0, 0.05) is 24.3 Å². The van der Waals surface area contributed by atoms with Crippen molar-refractivity contribution in [2.75, 3.05) is 25.0 Å². The van der Waals surface area contributed by atoms with Crippen LogP contribution >= 0.6 is 0 Å². The van der Waals surface area contributed by atoms with Crippen LogP contribution in [0.4, 0.5) is 14.5 Å². The van der Waals surface area contributed by atoms with Crippen LogP contribution in [-0.4, -0.2) is 30.9 Å². The van der Waals surface area contributed by atoms with Crippen LogP contribution < -0.4 is 4.90 Å². The molecule has 2 aromatic rings. The third-order valence-corrected chi connectivity index (χ3v) is 3.69. The van der Waals surface area contributed by atoms with Gasteiger partial charge in [-0.15, -0.1) is 0 Å². The molecule has 0 saturated heterocycles. The second-order valence-corrected chi connectivity index (χ2v) is 5.69. The van der Waals surface area contributed by atoms with Crippen LogP contribution in [0.25, 0.3) is 0 Å². The van der Waals surface area contributed by atoms with E-state index in [4.69, 9.17) is 5.26 Å². The molecule has 2 rings (SSSR count). The van der Waals surface area contributed by atoms with E-state index in [0.717, 1.165) is 0 Å². The minimum absolute atomic E-state index is 0.0527. The molecule has 0 unspecified atom stereocenters. The maximum Gasteiger partial charge on any atom is 0.241 e. The van der Waals surface area contributed by atoms with E-state index in [1.807, 2.05) is 6.07 Å². The monoisotopic (exact) mass is 343 g/mol. The van der Waals surface area contributed by atoms with E-state index in [-0.39, 0.29) is 37.8 Å². The molecule has 0 spiro atoms. The Morgan fingerprint density at radius 1 is 1.12 bits per heavy atom. The summed E-state index contributed by atoms with van der Waals surface area (Å²) < 4.78 is 26.8. The Balaban J connectivity index is 2.07. The van der Waals surface area contributed by atoms with Crippen molar-refractivity contribution in [1.82, 2.24) is 4.90 Å². The molecule has 0 fully saturated rings. The van der Waals surface area contributed by atoms with Crippen molar-refractivity contribution in [2.45, 2.75) is 13.0 Å². The van der Waals surface area contributed by atoms with E-state index in [0.29, 0.717) is 11.3 Å². The normalized spacial score (nSPS) is 10.5. The second-order valence-electron chi connectivity index (χ2n) is 5.69. The van der Waals surface area contributed by atoms with Crippen LogP contribution in [0.5, 0.6) is 0 Å². The minimum Gasteiger partial charge on any atom is -0.310 e. The molecular formula is C19H19F2N3O. The maximum absolute atomic E-state index is 13.7. The van der Waals surface area contributed by atoms with Gasteiger partial charge in [-0.1, -0.05) is 18.2 Å². The largest absolute Gasteiger partial charge is 0.310 e. The third-order valence-electron chi connectivity index (χ3n) is 3.69. The molecule has 0 atom stereocenters. The predicted octanol–water partition coefficient (Wildman–Crippen LogP) is 3.34. The molecule has 4 nitrogen and oxygen atoms in total. The van der Waals surface area contributed by atoms with Gasteiger partial charge in [-0.25, -0.2) is 8.78 Å². The first-order valence-corrected chi connectivity index (χ1v) is 7.86. The topological polar surface area (TPSA) is 47.3 Å². The summed E-state index contributed by atoms with van der Waals surface area (Å²) in [5, 5.41) is 8.80. The first-order chi connectivity index (χ1) is 12.0. The Labute approximate surface area is 145 Å². The number of hydrogen-bond acceptors (Lipinski definition) is 3. The molecule has 0 heterocycles. The van der Waals surface area contributed by atoms with Gasteiger partial charge in [-0.2, -0.15) is 5.26 Å². The summed E-state index contributed by atoms with van der Waals surface area (Å²) >= 11 is 0. The first-order valence-electron chi connectivity index (χ1n) is 7.86. The van der Waals surface area contributed by atoms with Crippen LogP contribution in [0.1, 0.15) is 12.0 Å². The first kappa shape index (κ1) is 18.6. The second kappa shape index (κ2) is 8.90. The summed E-state index contributed by atoms with van der Waals surface area (Å²) in [7, 11) is 1.72. The van der Waals surface area contributed by atoms with Crippen molar-refractivity contribution in [3.63, 3.8) is 0 Å². The van der Waals surface area contributed by atoms with Gasteiger partial charge in [0.2, 0.25) is 5.91 Å².